The number of benzene rings is 1. The molecule has 0 aliphatic carbocycles. The van der Waals surface area contributed by atoms with Crippen LogP contribution in [0, 0.1) is 0 Å². The molecule has 1 aromatic carbocycles. The van der Waals surface area contributed by atoms with Crippen LogP contribution in [0.25, 0.3) is 0 Å². The van der Waals surface area contributed by atoms with Crippen LogP contribution in [0.3, 0.4) is 0 Å². The van der Waals surface area contributed by atoms with E-state index in [4.69, 9.17) is 0 Å². The quantitative estimate of drug-likeness (QED) is 0.880. The largest absolute Gasteiger partial charge is 0.353 e. The molecule has 1 saturated heterocycles. The van der Waals surface area contributed by atoms with E-state index < -0.39 is 0 Å². The van der Waals surface area contributed by atoms with Crippen LogP contribution in [-0.4, -0.2) is 54.5 Å². The van der Waals surface area contributed by atoms with Crippen molar-refractivity contribution in [1.82, 2.24) is 15.1 Å². The van der Waals surface area contributed by atoms with Crippen molar-refractivity contribution in [3.05, 3.63) is 35.9 Å². The van der Waals surface area contributed by atoms with Crippen molar-refractivity contribution in [2.45, 2.75) is 26.4 Å². The Bertz CT molecular complexity index is 411. The lowest BCUT2D eigenvalue weighted by Gasteiger charge is -2.34. The highest BCUT2D eigenvalue weighted by molar-refractivity contribution is 5.78. The lowest BCUT2D eigenvalue weighted by atomic mass is 10.2. The molecule has 0 unspecified atom stereocenters. The Morgan fingerprint density at radius 1 is 1.10 bits per heavy atom. The third-order valence-corrected chi connectivity index (χ3v) is 3.53. The molecule has 4 heteroatoms. The number of carbonyl (C=O) groups excluding carboxylic acids is 1. The molecule has 0 atom stereocenters. The van der Waals surface area contributed by atoms with Crippen molar-refractivity contribution in [1.29, 1.82) is 0 Å². The Morgan fingerprint density at radius 3 is 2.30 bits per heavy atom. The molecule has 0 radical (unpaired) electrons. The van der Waals surface area contributed by atoms with E-state index >= 15 is 0 Å². The SMILES string of the molecule is CC(C)NC(=O)CN1CCN(Cc2ccccc2)CC1. The maximum absolute atomic E-state index is 11.7. The number of nitrogens with zero attached hydrogens (tertiary/aromatic N) is 2. The molecule has 0 bridgehead atoms. The minimum atomic E-state index is 0.136. The molecule has 1 fully saturated rings. The van der Waals surface area contributed by atoms with Gasteiger partial charge in [-0.3, -0.25) is 14.6 Å². The molecule has 1 amide bonds. The molecular weight excluding hydrogens is 250 g/mol. The molecule has 0 aromatic heterocycles. The van der Waals surface area contributed by atoms with Crippen LogP contribution < -0.4 is 5.32 Å². The highest BCUT2D eigenvalue weighted by atomic mass is 16.2. The summed E-state index contributed by atoms with van der Waals surface area (Å²) in [5.41, 5.74) is 1.36. The molecular formula is C16H25N3O. The van der Waals surface area contributed by atoms with Gasteiger partial charge >= 0.3 is 0 Å². The zero-order valence-electron chi connectivity index (χ0n) is 12.5. The summed E-state index contributed by atoms with van der Waals surface area (Å²) in [6.45, 7) is 9.53. The molecule has 1 aliphatic rings. The maximum Gasteiger partial charge on any atom is 0.234 e. The first-order valence-electron chi connectivity index (χ1n) is 7.41. The van der Waals surface area contributed by atoms with Gasteiger partial charge in [0.05, 0.1) is 6.54 Å². The molecule has 110 valence electrons. The normalized spacial score (nSPS) is 17.4. The number of rotatable bonds is 5. The topological polar surface area (TPSA) is 35.6 Å². The van der Waals surface area contributed by atoms with E-state index in [0.29, 0.717) is 6.54 Å². The molecule has 20 heavy (non-hydrogen) atoms. The predicted octanol–water partition coefficient (Wildman–Crippen LogP) is 1.33. The third kappa shape index (κ3) is 4.94. The Labute approximate surface area is 121 Å². The fraction of sp³-hybridized carbons (Fsp3) is 0.562. The first kappa shape index (κ1) is 15.0. The fourth-order valence-corrected chi connectivity index (χ4v) is 2.52. The van der Waals surface area contributed by atoms with Gasteiger partial charge in [-0.15, -0.1) is 0 Å². The van der Waals surface area contributed by atoms with Crippen molar-refractivity contribution < 1.29 is 4.79 Å². The Kier molecular flexibility index (Phi) is 5.56. The lowest BCUT2D eigenvalue weighted by Crippen LogP contribution is -2.49. The van der Waals surface area contributed by atoms with Crippen molar-refractivity contribution in [2.75, 3.05) is 32.7 Å². The van der Waals surface area contributed by atoms with Crippen LogP contribution in [0.15, 0.2) is 30.3 Å². The van der Waals surface area contributed by atoms with Crippen LogP contribution in [0.2, 0.25) is 0 Å². The average Bonchev–Trinajstić information content (AvgIpc) is 2.41. The summed E-state index contributed by atoms with van der Waals surface area (Å²) in [6, 6.07) is 10.8. The molecule has 1 N–H and O–H groups in total. The summed E-state index contributed by atoms with van der Waals surface area (Å²) >= 11 is 0. The summed E-state index contributed by atoms with van der Waals surface area (Å²) in [4.78, 5) is 16.4. The molecule has 1 aromatic rings. The number of amides is 1. The number of hydrogen-bond donors (Lipinski definition) is 1. The van der Waals surface area contributed by atoms with Gasteiger partial charge in [0.15, 0.2) is 0 Å². The molecule has 4 nitrogen and oxygen atoms in total. The highest BCUT2D eigenvalue weighted by Crippen LogP contribution is 2.08. The van der Waals surface area contributed by atoms with Crippen LogP contribution >= 0.6 is 0 Å². The fourth-order valence-electron chi connectivity index (χ4n) is 2.52. The first-order chi connectivity index (χ1) is 9.63. The zero-order valence-corrected chi connectivity index (χ0v) is 12.5. The number of nitrogens with one attached hydrogen (secondary N) is 1. The summed E-state index contributed by atoms with van der Waals surface area (Å²) in [5, 5.41) is 2.95. The smallest absolute Gasteiger partial charge is 0.234 e. The van der Waals surface area contributed by atoms with Crippen LogP contribution in [0.5, 0.6) is 0 Å². The molecule has 1 aliphatic heterocycles. The standard InChI is InChI=1S/C16H25N3O/c1-14(2)17-16(20)13-19-10-8-18(9-11-19)12-15-6-4-3-5-7-15/h3-7,14H,8-13H2,1-2H3,(H,17,20). The molecule has 0 saturated carbocycles. The Balaban J connectivity index is 1.71. The highest BCUT2D eigenvalue weighted by Gasteiger charge is 2.19. The second-order valence-corrected chi connectivity index (χ2v) is 5.76. The average molecular weight is 275 g/mol. The maximum atomic E-state index is 11.7. The summed E-state index contributed by atoms with van der Waals surface area (Å²) in [5.74, 6) is 0.136. The summed E-state index contributed by atoms with van der Waals surface area (Å²) in [6.07, 6.45) is 0. The van der Waals surface area contributed by atoms with Gasteiger partial charge < -0.3 is 5.32 Å². The van der Waals surface area contributed by atoms with Gasteiger partial charge in [0, 0.05) is 38.8 Å². The van der Waals surface area contributed by atoms with Crippen LogP contribution in [0.4, 0.5) is 0 Å². The van der Waals surface area contributed by atoms with Gasteiger partial charge in [0.1, 0.15) is 0 Å². The first-order valence-corrected chi connectivity index (χ1v) is 7.41. The number of hydrogen-bond acceptors (Lipinski definition) is 3. The minimum absolute atomic E-state index is 0.136. The van der Waals surface area contributed by atoms with Gasteiger partial charge in [0.2, 0.25) is 5.91 Å². The summed E-state index contributed by atoms with van der Waals surface area (Å²) < 4.78 is 0. The van der Waals surface area contributed by atoms with E-state index in [1.807, 2.05) is 13.8 Å². The van der Waals surface area contributed by atoms with Crippen molar-refractivity contribution in [2.24, 2.45) is 0 Å². The van der Waals surface area contributed by atoms with E-state index in [2.05, 4.69) is 45.4 Å². The van der Waals surface area contributed by atoms with Crippen LogP contribution in [-0.2, 0) is 11.3 Å². The minimum Gasteiger partial charge on any atom is -0.353 e. The van der Waals surface area contributed by atoms with E-state index in [9.17, 15) is 4.79 Å². The third-order valence-electron chi connectivity index (χ3n) is 3.53. The van der Waals surface area contributed by atoms with Gasteiger partial charge in [-0.05, 0) is 19.4 Å². The van der Waals surface area contributed by atoms with E-state index in [0.717, 1.165) is 32.7 Å². The van der Waals surface area contributed by atoms with Gasteiger partial charge in [-0.1, -0.05) is 30.3 Å². The number of piperazine rings is 1. The second-order valence-electron chi connectivity index (χ2n) is 5.76. The van der Waals surface area contributed by atoms with Crippen LogP contribution in [0.1, 0.15) is 19.4 Å². The van der Waals surface area contributed by atoms with E-state index in [-0.39, 0.29) is 11.9 Å². The van der Waals surface area contributed by atoms with Crippen molar-refractivity contribution in [3.8, 4) is 0 Å². The monoisotopic (exact) mass is 275 g/mol. The number of carbonyl (C=O) groups is 1. The Hall–Kier alpha value is -1.39. The zero-order chi connectivity index (χ0) is 14.4. The lowest BCUT2D eigenvalue weighted by molar-refractivity contribution is -0.123. The Morgan fingerprint density at radius 2 is 1.70 bits per heavy atom. The molecule has 2 rings (SSSR count). The second kappa shape index (κ2) is 7.41. The molecule has 0 spiro atoms. The van der Waals surface area contributed by atoms with Gasteiger partial charge in [-0.25, -0.2) is 0 Å². The van der Waals surface area contributed by atoms with E-state index in [1.165, 1.54) is 5.56 Å². The van der Waals surface area contributed by atoms with Crippen molar-refractivity contribution >= 4 is 5.91 Å². The van der Waals surface area contributed by atoms with Gasteiger partial charge in [-0.2, -0.15) is 0 Å². The summed E-state index contributed by atoms with van der Waals surface area (Å²) in [7, 11) is 0. The van der Waals surface area contributed by atoms with Gasteiger partial charge in [0.25, 0.3) is 0 Å². The molecule has 1 heterocycles. The predicted molar refractivity (Wildman–Crippen MR) is 81.4 cm³/mol. The van der Waals surface area contributed by atoms with E-state index in [1.54, 1.807) is 0 Å². The van der Waals surface area contributed by atoms with Crippen molar-refractivity contribution in [3.63, 3.8) is 0 Å².